The van der Waals surface area contributed by atoms with E-state index in [2.05, 4.69) is 28.3 Å². The molecule has 0 spiro atoms. The second-order valence-electron chi connectivity index (χ2n) is 11.1. The molecule has 0 N–H and O–H groups in total. The van der Waals surface area contributed by atoms with E-state index in [0.29, 0.717) is 39.4 Å². The van der Waals surface area contributed by atoms with Crippen molar-refractivity contribution in [2.24, 2.45) is 0 Å². The molecule has 4 fully saturated rings. The Morgan fingerprint density at radius 2 is 1.74 bits per heavy atom. The Kier molecular flexibility index (Phi) is 5.74. The predicted octanol–water partition coefficient (Wildman–Crippen LogP) is 7.90. The van der Waals surface area contributed by atoms with E-state index in [0.717, 1.165) is 79.3 Å². The standard InChI is InChI=1S/C30H26Cl2N4O2/c31-22-15-34-16-23(32)25(22)27-21(28(38-36-27)19-4-5-19)17-37-30-11-8-29(9-12-30,10-13-30)24-7-6-18-2-1-3-20(14-33)26(18)35-24/h1-3,6-7,15-16,19H,4-5,8-13,17H2. The van der Waals surface area contributed by atoms with Crippen LogP contribution in [-0.2, 0) is 16.8 Å². The number of para-hydroxylation sites is 1. The largest absolute Gasteiger partial charge is 0.370 e. The summed E-state index contributed by atoms with van der Waals surface area (Å²) in [6.07, 6.45) is 11.4. The van der Waals surface area contributed by atoms with Crippen LogP contribution < -0.4 is 0 Å². The zero-order valence-electron chi connectivity index (χ0n) is 20.8. The topological polar surface area (TPSA) is 84.8 Å². The molecule has 4 aromatic rings. The van der Waals surface area contributed by atoms with Gasteiger partial charge in [-0.25, -0.2) is 0 Å². The van der Waals surface area contributed by atoms with Gasteiger partial charge in [-0.15, -0.1) is 0 Å². The molecule has 8 rings (SSSR count). The maximum Gasteiger partial charge on any atom is 0.145 e. The van der Waals surface area contributed by atoms with Crippen molar-refractivity contribution in [3.05, 3.63) is 75.4 Å². The van der Waals surface area contributed by atoms with Crippen molar-refractivity contribution in [3.63, 3.8) is 0 Å². The maximum atomic E-state index is 9.58. The van der Waals surface area contributed by atoms with Crippen LogP contribution in [0.3, 0.4) is 0 Å². The van der Waals surface area contributed by atoms with E-state index in [-0.39, 0.29) is 11.0 Å². The number of hydrogen-bond donors (Lipinski definition) is 0. The molecule has 2 bridgehead atoms. The van der Waals surface area contributed by atoms with Crippen LogP contribution in [0.15, 0.2) is 47.2 Å². The number of benzene rings is 1. The second-order valence-corrected chi connectivity index (χ2v) is 11.9. The molecular formula is C30H26Cl2N4O2. The molecule has 0 amide bonds. The van der Waals surface area contributed by atoms with E-state index in [9.17, 15) is 5.26 Å². The van der Waals surface area contributed by atoms with Crippen LogP contribution in [0, 0.1) is 11.3 Å². The summed E-state index contributed by atoms with van der Waals surface area (Å²) in [4.78, 5) is 9.12. The third kappa shape index (κ3) is 3.91. The lowest BCUT2D eigenvalue weighted by Crippen LogP contribution is -2.50. The van der Waals surface area contributed by atoms with Crippen molar-refractivity contribution in [1.29, 1.82) is 5.26 Å². The summed E-state index contributed by atoms with van der Waals surface area (Å²) < 4.78 is 12.6. The van der Waals surface area contributed by atoms with Gasteiger partial charge in [0.05, 0.1) is 33.3 Å². The van der Waals surface area contributed by atoms with Gasteiger partial charge in [0, 0.05) is 45.9 Å². The predicted molar refractivity (Wildman–Crippen MR) is 145 cm³/mol. The molecule has 8 heteroatoms. The van der Waals surface area contributed by atoms with Crippen molar-refractivity contribution >= 4 is 34.1 Å². The molecule has 0 radical (unpaired) electrons. The summed E-state index contributed by atoms with van der Waals surface area (Å²) in [5, 5.41) is 15.9. The van der Waals surface area contributed by atoms with Crippen molar-refractivity contribution < 1.29 is 9.26 Å². The van der Waals surface area contributed by atoms with Crippen molar-refractivity contribution in [1.82, 2.24) is 15.1 Å². The number of hydrogen-bond acceptors (Lipinski definition) is 6. The quantitative estimate of drug-likeness (QED) is 0.245. The molecule has 4 saturated carbocycles. The minimum absolute atomic E-state index is 0.0431. The number of nitriles is 1. The van der Waals surface area contributed by atoms with Gasteiger partial charge in [0.1, 0.15) is 17.5 Å². The summed E-state index contributed by atoms with van der Waals surface area (Å²) in [5.41, 5.74) is 4.70. The first-order valence-corrected chi connectivity index (χ1v) is 14.0. The average Bonchev–Trinajstić information content (AvgIpc) is 3.72. The first kappa shape index (κ1) is 24.1. The number of pyridine rings is 2. The fourth-order valence-electron chi connectivity index (χ4n) is 6.47. The molecule has 6 nitrogen and oxygen atoms in total. The highest BCUT2D eigenvalue weighted by atomic mass is 35.5. The molecule has 0 saturated heterocycles. The van der Waals surface area contributed by atoms with E-state index in [1.54, 1.807) is 12.4 Å². The van der Waals surface area contributed by atoms with Crippen LogP contribution in [0.5, 0.6) is 0 Å². The smallest absolute Gasteiger partial charge is 0.145 e. The number of aromatic nitrogens is 3. The summed E-state index contributed by atoms with van der Waals surface area (Å²) in [6, 6.07) is 12.4. The van der Waals surface area contributed by atoms with E-state index in [4.69, 9.17) is 37.4 Å². The molecule has 38 heavy (non-hydrogen) atoms. The Bertz CT molecular complexity index is 1560. The van der Waals surface area contributed by atoms with Crippen LogP contribution in [0.2, 0.25) is 10.0 Å². The van der Waals surface area contributed by atoms with Crippen LogP contribution in [0.25, 0.3) is 22.2 Å². The van der Waals surface area contributed by atoms with E-state index in [1.807, 2.05) is 18.2 Å². The molecule has 4 aliphatic rings. The fraction of sp³-hybridized carbons (Fsp3) is 0.400. The highest BCUT2D eigenvalue weighted by Crippen LogP contribution is 2.55. The van der Waals surface area contributed by atoms with Gasteiger partial charge >= 0.3 is 0 Å². The van der Waals surface area contributed by atoms with Gasteiger partial charge < -0.3 is 9.26 Å². The third-order valence-corrected chi connectivity index (χ3v) is 9.51. The monoisotopic (exact) mass is 544 g/mol. The Hall–Kier alpha value is -2.98. The molecular weight excluding hydrogens is 519 g/mol. The highest BCUT2D eigenvalue weighted by Gasteiger charge is 2.51. The number of nitrogens with zero attached hydrogens (tertiary/aromatic N) is 4. The Morgan fingerprint density at radius 3 is 2.42 bits per heavy atom. The van der Waals surface area contributed by atoms with Crippen molar-refractivity contribution in [3.8, 4) is 17.3 Å². The zero-order valence-corrected chi connectivity index (χ0v) is 22.4. The first-order valence-electron chi connectivity index (χ1n) is 13.2. The molecule has 1 aromatic carbocycles. The molecule has 0 unspecified atom stereocenters. The van der Waals surface area contributed by atoms with Crippen molar-refractivity contribution in [2.75, 3.05) is 0 Å². The lowest BCUT2D eigenvalue weighted by molar-refractivity contribution is -0.127. The van der Waals surface area contributed by atoms with Gasteiger partial charge in [-0.2, -0.15) is 5.26 Å². The summed E-state index contributed by atoms with van der Waals surface area (Å²) >= 11 is 13.0. The maximum absolute atomic E-state index is 9.58. The summed E-state index contributed by atoms with van der Waals surface area (Å²) in [5.74, 6) is 1.28. The fourth-order valence-corrected chi connectivity index (χ4v) is 7.02. The Morgan fingerprint density at radius 1 is 1.00 bits per heavy atom. The van der Waals surface area contributed by atoms with E-state index in [1.165, 1.54) is 0 Å². The van der Waals surface area contributed by atoms with Crippen LogP contribution >= 0.6 is 23.2 Å². The van der Waals surface area contributed by atoms with E-state index < -0.39 is 0 Å². The molecule has 0 atom stereocenters. The van der Waals surface area contributed by atoms with Gasteiger partial charge in [0.2, 0.25) is 0 Å². The van der Waals surface area contributed by atoms with Gasteiger partial charge in [-0.1, -0.05) is 46.6 Å². The third-order valence-electron chi connectivity index (χ3n) is 8.94. The number of fused-ring (bicyclic) bond motifs is 4. The molecule has 4 aliphatic carbocycles. The number of ether oxygens (including phenoxy) is 1. The minimum Gasteiger partial charge on any atom is -0.370 e. The van der Waals surface area contributed by atoms with Gasteiger partial charge in [0.25, 0.3) is 0 Å². The lowest BCUT2D eigenvalue weighted by atomic mass is 9.57. The van der Waals surface area contributed by atoms with Crippen molar-refractivity contribution in [2.45, 2.75) is 74.9 Å². The molecule has 0 aliphatic heterocycles. The lowest BCUT2D eigenvalue weighted by Gasteiger charge is -2.52. The SMILES string of the molecule is N#Cc1cccc2ccc(C34CCC(OCc5c(-c6c(Cl)cncc6Cl)noc5C5CC5)(CC3)CC4)nc12. The zero-order chi connectivity index (χ0) is 25.9. The average molecular weight is 545 g/mol. The Labute approximate surface area is 230 Å². The number of halogens is 2. The van der Waals surface area contributed by atoms with Gasteiger partial charge in [0.15, 0.2) is 0 Å². The summed E-state index contributed by atoms with van der Waals surface area (Å²) in [6.45, 7) is 0.423. The van der Waals surface area contributed by atoms with E-state index >= 15 is 0 Å². The second kappa shape index (κ2) is 9.05. The molecule has 3 aromatic heterocycles. The van der Waals surface area contributed by atoms with Crippen LogP contribution in [0.4, 0.5) is 0 Å². The normalized spacial score (nSPS) is 24.6. The highest BCUT2D eigenvalue weighted by molar-refractivity contribution is 6.38. The van der Waals surface area contributed by atoms with Gasteiger partial charge in [-0.05, 0) is 63.5 Å². The molecule has 3 heterocycles. The van der Waals surface area contributed by atoms with Gasteiger partial charge in [-0.3, -0.25) is 9.97 Å². The number of rotatable bonds is 6. The van der Waals surface area contributed by atoms with Crippen LogP contribution in [0.1, 0.15) is 79.9 Å². The minimum atomic E-state index is -0.169. The van der Waals surface area contributed by atoms with Crippen LogP contribution in [-0.4, -0.2) is 20.7 Å². The molecule has 192 valence electrons. The summed E-state index contributed by atoms with van der Waals surface area (Å²) in [7, 11) is 0. The first-order chi connectivity index (χ1) is 18.5. The Balaban J connectivity index is 1.14.